The standard InChI is InChI=1S/C29H30FN3O5S/c1-5-6-10-24-26(33(3)20-8-7-9-21(17-20)38-4)27(34)28(29(35)32-24)39(36,37)22-13-11-19(12-14-22)23-15-16-25(30)31-18(23)2/h7-9,11-17H,5-6,10H2,1-4H3,(H2,32,34,35). The average Bonchev–Trinajstić information content (AvgIpc) is 2.91. The molecule has 8 nitrogen and oxygen atoms in total. The van der Waals surface area contributed by atoms with Crippen LogP contribution in [0.5, 0.6) is 11.5 Å². The summed E-state index contributed by atoms with van der Waals surface area (Å²) in [6, 6.07) is 15.7. The normalized spacial score (nSPS) is 11.4. The molecule has 0 saturated carbocycles. The Labute approximate surface area is 226 Å². The largest absolute Gasteiger partial charge is 0.504 e. The molecular formula is C29H30FN3O5S. The zero-order chi connectivity index (χ0) is 28.3. The Bertz CT molecular complexity index is 1670. The molecule has 39 heavy (non-hydrogen) atoms. The molecule has 204 valence electrons. The molecule has 2 heterocycles. The van der Waals surface area contributed by atoms with Gasteiger partial charge in [-0.05, 0) is 61.7 Å². The molecule has 0 spiro atoms. The second kappa shape index (κ2) is 11.3. The lowest BCUT2D eigenvalue weighted by Gasteiger charge is -2.25. The summed E-state index contributed by atoms with van der Waals surface area (Å²) >= 11 is 0. The van der Waals surface area contributed by atoms with Crippen molar-refractivity contribution in [2.45, 2.75) is 42.9 Å². The molecule has 0 amide bonds. The van der Waals surface area contributed by atoms with Crippen LogP contribution in [0.25, 0.3) is 11.1 Å². The average molecular weight is 552 g/mol. The van der Waals surface area contributed by atoms with Gasteiger partial charge in [-0.15, -0.1) is 0 Å². The van der Waals surface area contributed by atoms with E-state index in [1.165, 1.54) is 25.3 Å². The van der Waals surface area contributed by atoms with Crippen molar-refractivity contribution in [3.8, 4) is 22.6 Å². The van der Waals surface area contributed by atoms with E-state index in [9.17, 15) is 22.7 Å². The van der Waals surface area contributed by atoms with Crippen LogP contribution in [0.1, 0.15) is 31.2 Å². The molecule has 0 aliphatic rings. The van der Waals surface area contributed by atoms with Gasteiger partial charge < -0.3 is 19.7 Å². The van der Waals surface area contributed by atoms with Crippen molar-refractivity contribution >= 4 is 21.2 Å². The van der Waals surface area contributed by atoms with Gasteiger partial charge in [0.05, 0.1) is 12.0 Å². The van der Waals surface area contributed by atoms with Crippen LogP contribution >= 0.6 is 0 Å². The number of nitrogens with zero attached hydrogens (tertiary/aromatic N) is 2. The van der Waals surface area contributed by atoms with Crippen LogP contribution in [0.15, 0.2) is 75.2 Å². The zero-order valence-electron chi connectivity index (χ0n) is 22.2. The summed E-state index contributed by atoms with van der Waals surface area (Å²) in [5.74, 6) is -0.655. The van der Waals surface area contributed by atoms with E-state index in [1.54, 1.807) is 61.3 Å². The zero-order valence-corrected chi connectivity index (χ0v) is 23.0. The van der Waals surface area contributed by atoms with E-state index in [2.05, 4.69) is 9.97 Å². The molecule has 0 unspecified atom stereocenters. The molecule has 0 saturated heterocycles. The molecule has 4 rings (SSSR count). The second-order valence-electron chi connectivity index (χ2n) is 9.12. The van der Waals surface area contributed by atoms with Gasteiger partial charge in [0, 0.05) is 35.8 Å². The number of hydrogen-bond acceptors (Lipinski definition) is 7. The third-order valence-electron chi connectivity index (χ3n) is 6.55. The number of pyridine rings is 2. The van der Waals surface area contributed by atoms with E-state index < -0.39 is 32.0 Å². The second-order valence-corrected chi connectivity index (χ2v) is 11.0. The molecule has 10 heteroatoms. The number of aromatic amines is 1. The predicted molar refractivity (Wildman–Crippen MR) is 148 cm³/mol. The number of anilines is 2. The van der Waals surface area contributed by atoms with Crippen LogP contribution in [0, 0.1) is 12.9 Å². The van der Waals surface area contributed by atoms with Crippen LogP contribution in [0.2, 0.25) is 0 Å². The Kier molecular flexibility index (Phi) is 8.06. The number of H-pyrrole nitrogens is 1. The summed E-state index contributed by atoms with van der Waals surface area (Å²) in [5, 5.41) is 11.4. The van der Waals surface area contributed by atoms with Gasteiger partial charge in [-0.3, -0.25) is 4.79 Å². The highest BCUT2D eigenvalue weighted by molar-refractivity contribution is 7.91. The number of nitrogens with one attached hydrogen (secondary N) is 1. The smallest absolute Gasteiger partial charge is 0.271 e. The van der Waals surface area contributed by atoms with E-state index in [0.717, 1.165) is 12.8 Å². The molecule has 2 aromatic heterocycles. The maximum atomic E-state index is 13.7. The van der Waals surface area contributed by atoms with Crippen molar-refractivity contribution in [2.75, 3.05) is 19.1 Å². The molecule has 0 atom stereocenters. The number of ether oxygens (including phenoxy) is 1. The Balaban J connectivity index is 1.83. The minimum atomic E-state index is -4.43. The number of methoxy groups -OCH3 is 1. The lowest BCUT2D eigenvalue weighted by Crippen LogP contribution is -2.24. The molecule has 0 bridgehead atoms. The number of benzene rings is 2. The number of rotatable bonds is 9. The fourth-order valence-electron chi connectivity index (χ4n) is 4.47. The van der Waals surface area contributed by atoms with E-state index in [4.69, 9.17) is 4.74 Å². The van der Waals surface area contributed by atoms with Gasteiger partial charge in [0.2, 0.25) is 15.8 Å². The van der Waals surface area contributed by atoms with Crippen molar-refractivity contribution in [3.05, 3.63) is 88.4 Å². The predicted octanol–water partition coefficient (Wildman–Crippen LogP) is 5.54. The third-order valence-corrected chi connectivity index (χ3v) is 8.36. The first kappa shape index (κ1) is 27.8. The number of aromatic nitrogens is 2. The fraction of sp³-hybridized carbons (Fsp3) is 0.241. The SMILES string of the molecule is CCCCc1[nH]c(=O)c(S(=O)(=O)c2ccc(-c3ccc(F)nc3C)cc2)c(O)c1N(C)c1cccc(OC)c1. The fourth-order valence-corrected chi connectivity index (χ4v) is 5.85. The molecule has 0 aliphatic carbocycles. The van der Waals surface area contributed by atoms with Crippen LogP contribution in [0.3, 0.4) is 0 Å². The van der Waals surface area contributed by atoms with Crippen molar-refractivity contribution in [3.63, 3.8) is 0 Å². The minimum absolute atomic E-state index is 0.170. The molecule has 0 aliphatic heterocycles. The van der Waals surface area contributed by atoms with Gasteiger partial charge in [-0.1, -0.05) is 31.5 Å². The summed E-state index contributed by atoms with van der Waals surface area (Å²) in [7, 11) is -1.21. The molecule has 4 aromatic rings. The monoisotopic (exact) mass is 551 g/mol. The van der Waals surface area contributed by atoms with Crippen molar-refractivity contribution < 1.29 is 22.7 Å². The molecular weight excluding hydrogens is 521 g/mol. The van der Waals surface area contributed by atoms with Crippen LogP contribution in [-0.2, 0) is 16.3 Å². The van der Waals surface area contributed by atoms with Crippen molar-refractivity contribution in [2.24, 2.45) is 0 Å². The molecule has 0 fully saturated rings. The Morgan fingerprint density at radius 1 is 1.10 bits per heavy atom. The highest BCUT2D eigenvalue weighted by atomic mass is 32.2. The van der Waals surface area contributed by atoms with E-state index >= 15 is 0 Å². The number of hydrogen-bond donors (Lipinski definition) is 2. The van der Waals surface area contributed by atoms with Gasteiger partial charge in [0.15, 0.2) is 10.6 Å². The number of aromatic hydroxyl groups is 1. The summed E-state index contributed by atoms with van der Waals surface area (Å²) < 4.78 is 46.1. The summed E-state index contributed by atoms with van der Waals surface area (Å²) in [4.78, 5) is 20.4. The lowest BCUT2D eigenvalue weighted by atomic mass is 10.1. The Hall–Kier alpha value is -4.18. The van der Waals surface area contributed by atoms with Crippen LogP contribution in [-0.4, -0.2) is 37.6 Å². The van der Waals surface area contributed by atoms with Gasteiger partial charge in [0.1, 0.15) is 11.4 Å². The quantitative estimate of drug-likeness (QED) is 0.263. The molecule has 2 aromatic carbocycles. The number of unbranched alkanes of at least 4 members (excludes halogenated alkanes) is 1. The number of halogens is 1. The van der Waals surface area contributed by atoms with Gasteiger partial charge in [-0.25, -0.2) is 13.4 Å². The number of sulfone groups is 1. The maximum Gasteiger partial charge on any atom is 0.271 e. The first-order chi connectivity index (χ1) is 18.6. The van der Waals surface area contributed by atoms with Crippen LogP contribution in [0.4, 0.5) is 15.8 Å². The Morgan fingerprint density at radius 3 is 2.46 bits per heavy atom. The first-order valence-corrected chi connectivity index (χ1v) is 13.9. The first-order valence-electron chi connectivity index (χ1n) is 12.4. The topological polar surface area (TPSA) is 113 Å². The van der Waals surface area contributed by atoms with Gasteiger partial charge in [0.25, 0.3) is 5.56 Å². The van der Waals surface area contributed by atoms with Crippen molar-refractivity contribution in [1.29, 1.82) is 0 Å². The van der Waals surface area contributed by atoms with Crippen LogP contribution < -0.4 is 15.2 Å². The maximum absolute atomic E-state index is 13.7. The molecule has 0 radical (unpaired) electrons. The van der Waals surface area contributed by atoms with E-state index in [0.29, 0.717) is 40.4 Å². The van der Waals surface area contributed by atoms with E-state index in [-0.39, 0.29) is 10.6 Å². The summed E-state index contributed by atoms with van der Waals surface area (Å²) in [6.07, 6.45) is 1.99. The third kappa shape index (κ3) is 5.51. The van der Waals surface area contributed by atoms with Crippen molar-refractivity contribution in [1.82, 2.24) is 9.97 Å². The lowest BCUT2D eigenvalue weighted by molar-refractivity contribution is 0.415. The summed E-state index contributed by atoms with van der Waals surface area (Å²) in [6.45, 7) is 3.65. The van der Waals surface area contributed by atoms with E-state index in [1.807, 2.05) is 6.92 Å². The highest BCUT2D eigenvalue weighted by Crippen LogP contribution is 2.40. The van der Waals surface area contributed by atoms with Gasteiger partial charge >= 0.3 is 0 Å². The minimum Gasteiger partial charge on any atom is -0.504 e. The van der Waals surface area contributed by atoms with Gasteiger partial charge in [-0.2, -0.15) is 4.39 Å². The Morgan fingerprint density at radius 2 is 1.82 bits per heavy atom. The number of aryl methyl sites for hydroxylation is 2. The molecule has 2 N–H and O–H groups in total. The highest BCUT2D eigenvalue weighted by Gasteiger charge is 2.31. The summed E-state index contributed by atoms with van der Waals surface area (Å²) in [5.41, 5.74) is 2.08.